The van der Waals surface area contributed by atoms with E-state index in [9.17, 15) is 0 Å². The van der Waals surface area contributed by atoms with Gasteiger partial charge in [-0.2, -0.15) is 0 Å². The van der Waals surface area contributed by atoms with Crippen LogP contribution in [0.1, 0.15) is 37.8 Å². The summed E-state index contributed by atoms with van der Waals surface area (Å²) in [6.45, 7) is 11.1. The zero-order valence-electron chi connectivity index (χ0n) is 10.4. The fraction of sp³-hybridized carbons (Fsp3) is 0.571. The van der Waals surface area contributed by atoms with Crippen LogP contribution in [-0.4, -0.2) is 13.1 Å². The summed E-state index contributed by atoms with van der Waals surface area (Å²) in [6.07, 6.45) is 0. The molecular weight excluding hydrogens is 182 g/mol. The van der Waals surface area contributed by atoms with Crippen LogP contribution in [0.2, 0.25) is 0 Å². The lowest BCUT2D eigenvalue weighted by Crippen LogP contribution is -2.25. The molecule has 84 valence electrons. The third-order valence-electron chi connectivity index (χ3n) is 3.01. The Morgan fingerprint density at radius 3 is 2.40 bits per heavy atom. The van der Waals surface area contributed by atoms with Gasteiger partial charge in [-0.25, -0.2) is 0 Å². The van der Waals surface area contributed by atoms with Crippen molar-refractivity contribution in [1.82, 2.24) is 5.32 Å². The monoisotopic (exact) mass is 205 g/mol. The zero-order valence-corrected chi connectivity index (χ0v) is 10.4. The summed E-state index contributed by atoms with van der Waals surface area (Å²) in [6, 6.07) is 8.72. The van der Waals surface area contributed by atoms with Crippen LogP contribution in [0.4, 0.5) is 0 Å². The van der Waals surface area contributed by atoms with E-state index in [0.717, 1.165) is 13.1 Å². The smallest absolute Gasteiger partial charge is 0.00226 e. The Kier molecular flexibility index (Phi) is 4.83. The Morgan fingerprint density at radius 2 is 1.87 bits per heavy atom. The van der Waals surface area contributed by atoms with Crippen LogP contribution in [0.5, 0.6) is 0 Å². The second kappa shape index (κ2) is 5.92. The van der Waals surface area contributed by atoms with E-state index >= 15 is 0 Å². The number of likely N-dealkylation sites (N-methyl/N-ethyl adjacent to an activating group) is 1. The van der Waals surface area contributed by atoms with Crippen LogP contribution < -0.4 is 5.32 Å². The average Bonchev–Trinajstić information content (AvgIpc) is 2.20. The van der Waals surface area contributed by atoms with E-state index in [1.807, 2.05) is 0 Å². The molecule has 1 heteroatoms. The molecule has 0 amide bonds. The summed E-state index contributed by atoms with van der Waals surface area (Å²) in [7, 11) is 0. The highest BCUT2D eigenvalue weighted by Crippen LogP contribution is 2.26. The minimum absolute atomic E-state index is 0.631. The third kappa shape index (κ3) is 3.35. The first-order chi connectivity index (χ1) is 7.16. The molecule has 1 nitrogen and oxygen atoms in total. The van der Waals surface area contributed by atoms with E-state index in [-0.39, 0.29) is 0 Å². The molecule has 1 rings (SSSR count). The highest BCUT2D eigenvalue weighted by atomic mass is 14.8. The Labute approximate surface area is 93.9 Å². The summed E-state index contributed by atoms with van der Waals surface area (Å²) >= 11 is 0. The summed E-state index contributed by atoms with van der Waals surface area (Å²) in [5, 5.41) is 3.46. The summed E-state index contributed by atoms with van der Waals surface area (Å²) in [5.41, 5.74) is 2.91. The second-order valence-corrected chi connectivity index (χ2v) is 4.51. The lowest BCUT2D eigenvalue weighted by Gasteiger charge is -2.23. The third-order valence-corrected chi connectivity index (χ3v) is 3.01. The van der Waals surface area contributed by atoms with Crippen LogP contribution >= 0.6 is 0 Å². The van der Waals surface area contributed by atoms with Crippen LogP contribution in [0.15, 0.2) is 24.3 Å². The van der Waals surface area contributed by atoms with Gasteiger partial charge in [0.1, 0.15) is 0 Å². The SMILES string of the molecule is CCNCC(c1ccccc1C)C(C)C. The minimum Gasteiger partial charge on any atom is -0.316 e. The molecule has 0 fully saturated rings. The van der Waals surface area contributed by atoms with Gasteiger partial charge >= 0.3 is 0 Å². The molecule has 0 heterocycles. The van der Waals surface area contributed by atoms with Crippen LogP contribution in [-0.2, 0) is 0 Å². The first kappa shape index (κ1) is 12.3. The fourth-order valence-corrected chi connectivity index (χ4v) is 2.01. The van der Waals surface area contributed by atoms with Gasteiger partial charge in [0, 0.05) is 6.54 Å². The molecule has 0 saturated carbocycles. The molecule has 1 atom stereocenters. The Morgan fingerprint density at radius 1 is 1.20 bits per heavy atom. The molecule has 15 heavy (non-hydrogen) atoms. The number of benzene rings is 1. The number of aryl methyl sites for hydroxylation is 1. The maximum atomic E-state index is 3.46. The first-order valence-electron chi connectivity index (χ1n) is 5.93. The number of rotatable bonds is 5. The quantitative estimate of drug-likeness (QED) is 0.777. The summed E-state index contributed by atoms with van der Waals surface area (Å²) in [5.74, 6) is 1.32. The molecule has 0 radical (unpaired) electrons. The van der Waals surface area contributed by atoms with Crippen molar-refractivity contribution < 1.29 is 0 Å². The van der Waals surface area contributed by atoms with Gasteiger partial charge in [-0.05, 0) is 36.4 Å². The molecule has 0 aromatic heterocycles. The first-order valence-corrected chi connectivity index (χ1v) is 5.93. The van der Waals surface area contributed by atoms with E-state index in [2.05, 4.69) is 57.3 Å². The van der Waals surface area contributed by atoms with E-state index in [1.54, 1.807) is 0 Å². The van der Waals surface area contributed by atoms with Crippen molar-refractivity contribution >= 4 is 0 Å². The van der Waals surface area contributed by atoms with Crippen molar-refractivity contribution in [2.45, 2.75) is 33.6 Å². The normalized spacial score (nSPS) is 13.1. The maximum absolute atomic E-state index is 3.46. The van der Waals surface area contributed by atoms with Crippen molar-refractivity contribution in [3.63, 3.8) is 0 Å². The summed E-state index contributed by atoms with van der Waals surface area (Å²) in [4.78, 5) is 0. The molecule has 1 aromatic carbocycles. The van der Waals surface area contributed by atoms with Crippen LogP contribution in [0, 0.1) is 12.8 Å². The molecule has 0 spiro atoms. The van der Waals surface area contributed by atoms with Crippen molar-refractivity contribution in [3.8, 4) is 0 Å². The highest BCUT2D eigenvalue weighted by Gasteiger charge is 2.16. The van der Waals surface area contributed by atoms with Crippen molar-refractivity contribution in [2.24, 2.45) is 5.92 Å². The number of hydrogen-bond donors (Lipinski definition) is 1. The van der Waals surface area contributed by atoms with E-state index in [0.29, 0.717) is 11.8 Å². The van der Waals surface area contributed by atoms with Gasteiger partial charge in [0.15, 0.2) is 0 Å². The van der Waals surface area contributed by atoms with Gasteiger partial charge in [0.25, 0.3) is 0 Å². The summed E-state index contributed by atoms with van der Waals surface area (Å²) < 4.78 is 0. The molecular formula is C14H23N. The molecule has 0 aliphatic heterocycles. The van der Waals surface area contributed by atoms with Crippen molar-refractivity contribution in [1.29, 1.82) is 0 Å². The van der Waals surface area contributed by atoms with Crippen molar-refractivity contribution in [2.75, 3.05) is 13.1 Å². The van der Waals surface area contributed by atoms with Gasteiger partial charge < -0.3 is 5.32 Å². The molecule has 1 N–H and O–H groups in total. The lowest BCUT2D eigenvalue weighted by atomic mass is 9.86. The predicted octanol–water partition coefficient (Wildman–Crippen LogP) is 3.34. The molecule has 0 saturated heterocycles. The van der Waals surface area contributed by atoms with Gasteiger partial charge in [-0.15, -0.1) is 0 Å². The highest BCUT2D eigenvalue weighted by molar-refractivity contribution is 5.29. The molecule has 0 bridgehead atoms. The number of nitrogens with one attached hydrogen (secondary N) is 1. The average molecular weight is 205 g/mol. The minimum atomic E-state index is 0.631. The van der Waals surface area contributed by atoms with Gasteiger partial charge in [-0.3, -0.25) is 0 Å². The molecule has 0 aliphatic carbocycles. The fourth-order valence-electron chi connectivity index (χ4n) is 2.01. The topological polar surface area (TPSA) is 12.0 Å². The van der Waals surface area contributed by atoms with E-state index in [1.165, 1.54) is 11.1 Å². The Balaban J connectivity index is 2.84. The van der Waals surface area contributed by atoms with Gasteiger partial charge in [-0.1, -0.05) is 45.0 Å². The number of hydrogen-bond acceptors (Lipinski definition) is 1. The van der Waals surface area contributed by atoms with E-state index in [4.69, 9.17) is 0 Å². The standard InChI is InChI=1S/C14H23N/c1-5-15-10-14(11(2)3)13-9-7-6-8-12(13)4/h6-9,11,14-15H,5,10H2,1-4H3. The van der Waals surface area contributed by atoms with Gasteiger partial charge in [0.2, 0.25) is 0 Å². The largest absolute Gasteiger partial charge is 0.316 e. The zero-order chi connectivity index (χ0) is 11.3. The molecule has 1 aromatic rings. The maximum Gasteiger partial charge on any atom is 0.00226 e. The van der Waals surface area contributed by atoms with Crippen LogP contribution in [0.3, 0.4) is 0 Å². The van der Waals surface area contributed by atoms with E-state index < -0.39 is 0 Å². The van der Waals surface area contributed by atoms with Crippen molar-refractivity contribution in [3.05, 3.63) is 35.4 Å². The molecule has 0 aliphatic rings. The predicted molar refractivity (Wildman–Crippen MR) is 67.3 cm³/mol. The Hall–Kier alpha value is -0.820. The Bertz CT molecular complexity index is 291. The lowest BCUT2D eigenvalue weighted by molar-refractivity contribution is 0.466. The molecule has 1 unspecified atom stereocenters. The van der Waals surface area contributed by atoms with Crippen LogP contribution in [0.25, 0.3) is 0 Å². The van der Waals surface area contributed by atoms with Gasteiger partial charge in [0.05, 0.1) is 0 Å². The second-order valence-electron chi connectivity index (χ2n) is 4.51.